The lowest BCUT2D eigenvalue weighted by atomic mass is 10.0. The van der Waals surface area contributed by atoms with Crippen molar-refractivity contribution in [1.29, 1.82) is 0 Å². The number of amides is 1. The molecule has 3 aromatic carbocycles. The first-order valence-corrected chi connectivity index (χ1v) is 11.9. The Kier molecular flexibility index (Phi) is 6.28. The number of anilines is 1. The lowest BCUT2D eigenvalue weighted by Gasteiger charge is -2.25. The Bertz CT molecular complexity index is 1280. The largest absolute Gasteiger partial charge is 0.310 e. The van der Waals surface area contributed by atoms with Crippen molar-refractivity contribution < 1.29 is 4.79 Å². The first kappa shape index (κ1) is 22.1. The normalized spacial score (nSPS) is 13.6. The van der Waals surface area contributed by atoms with Gasteiger partial charge in [0.2, 0.25) is 5.91 Å². The van der Waals surface area contributed by atoms with Gasteiger partial charge >= 0.3 is 0 Å². The summed E-state index contributed by atoms with van der Waals surface area (Å²) in [5.41, 5.74) is 7.98. The molecular formula is C29H30N4O. The number of aryl methyl sites for hydroxylation is 2. The molecule has 1 aliphatic heterocycles. The molecule has 4 aromatic rings. The Morgan fingerprint density at radius 2 is 1.82 bits per heavy atom. The maximum Gasteiger partial charge on any atom is 0.248 e. The summed E-state index contributed by atoms with van der Waals surface area (Å²) in [4.78, 5) is 15.7. The SMILES string of the molecule is Cc1ccc(CCN[C@H](C(=O)N2CCc3cc(-c4cnn(C)c4)ccc32)c2ccccc2)cc1. The summed E-state index contributed by atoms with van der Waals surface area (Å²) in [6, 6.07) is 24.6. The number of carbonyl (C=O) groups excluding carboxylic acids is 1. The zero-order valence-electron chi connectivity index (χ0n) is 19.7. The van der Waals surface area contributed by atoms with Gasteiger partial charge in [-0.1, -0.05) is 66.2 Å². The highest BCUT2D eigenvalue weighted by Crippen LogP contribution is 2.34. The fraction of sp³-hybridized carbons (Fsp3) is 0.241. The standard InChI is InChI=1S/C29H30N4O/c1-21-8-10-22(11-9-21)14-16-30-28(23-6-4-3-5-7-23)29(34)33-17-15-25-18-24(12-13-27(25)33)26-19-31-32(2)20-26/h3-13,18-20,28,30H,14-17H2,1-2H3/t28-/m0/s1. The molecule has 0 unspecified atom stereocenters. The van der Waals surface area contributed by atoms with Crippen LogP contribution in [0.2, 0.25) is 0 Å². The van der Waals surface area contributed by atoms with E-state index in [1.54, 1.807) is 0 Å². The second-order valence-corrected chi connectivity index (χ2v) is 9.02. The minimum absolute atomic E-state index is 0.1000. The van der Waals surface area contributed by atoms with Crippen LogP contribution in [0.15, 0.2) is 85.2 Å². The molecule has 0 saturated carbocycles. The minimum Gasteiger partial charge on any atom is -0.310 e. The number of hydrogen-bond donors (Lipinski definition) is 1. The highest BCUT2D eigenvalue weighted by Gasteiger charge is 2.31. The summed E-state index contributed by atoms with van der Waals surface area (Å²) in [7, 11) is 1.92. The molecule has 1 aliphatic rings. The van der Waals surface area contributed by atoms with Gasteiger partial charge < -0.3 is 10.2 Å². The molecular weight excluding hydrogens is 420 g/mol. The summed E-state index contributed by atoms with van der Waals surface area (Å²) >= 11 is 0. The van der Waals surface area contributed by atoms with Gasteiger partial charge in [0.25, 0.3) is 0 Å². The van der Waals surface area contributed by atoms with E-state index < -0.39 is 0 Å². The Balaban J connectivity index is 1.35. The summed E-state index contributed by atoms with van der Waals surface area (Å²) in [6.45, 7) is 3.53. The molecule has 0 bridgehead atoms. The van der Waals surface area contributed by atoms with Crippen molar-refractivity contribution in [2.24, 2.45) is 7.05 Å². The van der Waals surface area contributed by atoms with Crippen molar-refractivity contribution in [2.45, 2.75) is 25.8 Å². The molecule has 5 nitrogen and oxygen atoms in total. The smallest absolute Gasteiger partial charge is 0.248 e. The van der Waals surface area contributed by atoms with Gasteiger partial charge in [0.05, 0.1) is 6.20 Å². The number of nitrogens with zero attached hydrogens (tertiary/aromatic N) is 3. The molecule has 0 fully saturated rings. The number of hydrogen-bond acceptors (Lipinski definition) is 3. The predicted molar refractivity (Wildman–Crippen MR) is 137 cm³/mol. The fourth-order valence-corrected chi connectivity index (χ4v) is 4.65. The number of fused-ring (bicyclic) bond motifs is 1. The topological polar surface area (TPSA) is 50.2 Å². The maximum atomic E-state index is 13.8. The number of benzene rings is 3. The average Bonchev–Trinajstić information content (AvgIpc) is 3.49. The van der Waals surface area contributed by atoms with Crippen LogP contribution in [0.5, 0.6) is 0 Å². The van der Waals surface area contributed by atoms with Gasteiger partial charge in [0.1, 0.15) is 6.04 Å². The van der Waals surface area contributed by atoms with Crippen molar-refractivity contribution in [3.63, 3.8) is 0 Å². The fourth-order valence-electron chi connectivity index (χ4n) is 4.65. The van der Waals surface area contributed by atoms with E-state index in [-0.39, 0.29) is 11.9 Å². The maximum absolute atomic E-state index is 13.8. The van der Waals surface area contributed by atoms with Crippen LogP contribution in [0.25, 0.3) is 11.1 Å². The number of rotatable bonds is 7. The predicted octanol–water partition coefficient (Wildman–Crippen LogP) is 4.86. The molecule has 2 heterocycles. The molecule has 1 aromatic heterocycles. The first-order valence-electron chi connectivity index (χ1n) is 11.9. The molecule has 1 atom stereocenters. The summed E-state index contributed by atoms with van der Waals surface area (Å²) in [6.07, 6.45) is 5.63. The quantitative estimate of drug-likeness (QED) is 0.438. The summed E-state index contributed by atoms with van der Waals surface area (Å²) in [5, 5.41) is 7.83. The third-order valence-electron chi connectivity index (χ3n) is 6.54. The van der Waals surface area contributed by atoms with Crippen molar-refractivity contribution in [2.75, 3.05) is 18.0 Å². The molecule has 0 radical (unpaired) electrons. The summed E-state index contributed by atoms with van der Waals surface area (Å²) in [5.74, 6) is 0.1000. The van der Waals surface area contributed by atoms with Gasteiger partial charge in [0, 0.05) is 37.6 Å². The van der Waals surface area contributed by atoms with Gasteiger partial charge in [-0.15, -0.1) is 0 Å². The van der Waals surface area contributed by atoms with E-state index in [9.17, 15) is 4.79 Å². The van der Waals surface area contributed by atoms with Crippen LogP contribution < -0.4 is 10.2 Å². The molecule has 34 heavy (non-hydrogen) atoms. The molecule has 5 rings (SSSR count). The Hall–Kier alpha value is -3.70. The van der Waals surface area contributed by atoms with Crippen molar-refractivity contribution in [3.05, 3.63) is 107 Å². The third kappa shape index (κ3) is 4.66. The first-order chi connectivity index (χ1) is 16.6. The molecule has 1 N–H and O–H groups in total. The van der Waals surface area contributed by atoms with Crippen LogP contribution >= 0.6 is 0 Å². The van der Waals surface area contributed by atoms with Crippen LogP contribution in [0, 0.1) is 6.92 Å². The number of aromatic nitrogens is 2. The monoisotopic (exact) mass is 450 g/mol. The lowest BCUT2D eigenvalue weighted by molar-refractivity contribution is -0.120. The Morgan fingerprint density at radius 1 is 1.03 bits per heavy atom. The molecule has 0 aliphatic carbocycles. The minimum atomic E-state index is -0.379. The van der Waals surface area contributed by atoms with Gasteiger partial charge in [0.15, 0.2) is 0 Å². The van der Waals surface area contributed by atoms with Crippen LogP contribution in [0.4, 0.5) is 5.69 Å². The van der Waals surface area contributed by atoms with Crippen LogP contribution in [0.1, 0.15) is 28.3 Å². The van der Waals surface area contributed by atoms with Crippen molar-refractivity contribution in [1.82, 2.24) is 15.1 Å². The van der Waals surface area contributed by atoms with Crippen LogP contribution in [0.3, 0.4) is 0 Å². The van der Waals surface area contributed by atoms with Crippen LogP contribution in [-0.2, 0) is 24.7 Å². The highest BCUT2D eigenvalue weighted by molar-refractivity contribution is 5.99. The van der Waals surface area contributed by atoms with Gasteiger partial charge in [-0.25, -0.2) is 0 Å². The third-order valence-corrected chi connectivity index (χ3v) is 6.54. The van der Waals surface area contributed by atoms with Crippen molar-refractivity contribution >= 4 is 11.6 Å². The molecule has 1 amide bonds. The average molecular weight is 451 g/mol. The lowest BCUT2D eigenvalue weighted by Crippen LogP contribution is -2.41. The molecule has 0 saturated heterocycles. The molecule has 172 valence electrons. The Morgan fingerprint density at radius 3 is 2.56 bits per heavy atom. The zero-order chi connectivity index (χ0) is 23.5. The van der Waals surface area contributed by atoms with Gasteiger partial charge in [-0.05, 0) is 54.2 Å². The van der Waals surface area contributed by atoms with Crippen molar-refractivity contribution in [3.8, 4) is 11.1 Å². The summed E-state index contributed by atoms with van der Waals surface area (Å²) < 4.78 is 1.81. The Labute approximate surface area is 201 Å². The van der Waals surface area contributed by atoms with E-state index in [0.717, 1.165) is 41.8 Å². The second-order valence-electron chi connectivity index (χ2n) is 9.02. The molecule has 5 heteroatoms. The highest BCUT2D eigenvalue weighted by atomic mass is 16.2. The van der Waals surface area contributed by atoms with E-state index in [0.29, 0.717) is 6.54 Å². The van der Waals surface area contributed by atoms with E-state index in [1.807, 2.05) is 59.4 Å². The number of nitrogens with one attached hydrogen (secondary N) is 1. The van der Waals surface area contributed by atoms with E-state index in [4.69, 9.17) is 0 Å². The van der Waals surface area contributed by atoms with Gasteiger partial charge in [-0.3, -0.25) is 9.48 Å². The second kappa shape index (κ2) is 9.65. The zero-order valence-corrected chi connectivity index (χ0v) is 19.7. The van der Waals surface area contributed by atoms with E-state index in [1.165, 1.54) is 16.7 Å². The van der Waals surface area contributed by atoms with Gasteiger partial charge in [-0.2, -0.15) is 5.10 Å². The van der Waals surface area contributed by atoms with E-state index >= 15 is 0 Å². The van der Waals surface area contributed by atoms with Crippen LogP contribution in [-0.4, -0.2) is 28.8 Å². The van der Waals surface area contributed by atoms with E-state index in [2.05, 4.69) is 59.8 Å². The number of carbonyl (C=O) groups is 1. The molecule has 0 spiro atoms.